The first-order valence-corrected chi connectivity index (χ1v) is 5.43. The van der Waals surface area contributed by atoms with Crippen molar-refractivity contribution in [2.75, 3.05) is 26.3 Å². The maximum Gasteiger partial charge on any atom is 0.333 e. The van der Waals surface area contributed by atoms with Gasteiger partial charge in [0, 0.05) is 13.1 Å². The molecule has 0 radical (unpaired) electrons. The quantitative estimate of drug-likeness (QED) is 0.601. The Labute approximate surface area is 105 Å². The number of rotatable bonds is 3. The number of aliphatic carboxylic acids is 1. The largest absolute Gasteiger partial charge is 0.876 e. The van der Waals surface area contributed by atoms with Crippen LogP contribution in [0.2, 0.25) is 0 Å². The van der Waals surface area contributed by atoms with Gasteiger partial charge >= 0.3 is 5.97 Å². The molecule has 7 heteroatoms. The van der Waals surface area contributed by atoms with E-state index >= 15 is 0 Å². The van der Waals surface area contributed by atoms with Gasteiger partial charge in [0.1, 0.15) is 0 Å². The van der Waals surface area contributed by atoms with E-state index in [-0.39, 0.29) is 18.1 Å². The van der Waals surface area contributed by atoms with Gasteiger partial charge < -0.3 is 25.0 Å². The van der Waals surface area contributed by atoms with Crippen LogP contribution in [0, 0.1) is 0 Å². The molecule has 1 atom stereocenters. The van der Waals surface area contributed by atoms with Crippen LogP contribution < -0.4 is 5.11 Å². The molecule has 0 aromatic rings. The molecule has 2 N–H and O–H groups in total. The third kappa shape index (κ3) is 7.64. The highest BCUT2D eigenvalue weighted by Gasteiger charge is 2.23. The van der Waals surface area contributed by atoms with Gasteiger partial charge in [-0.1, -0.05) is 6.92 Å². The highest BCUT2D eigenvalue weighted by atomic mass is 16.5. The zero-order valence-corrected chi connectivity index (χ0v) is 10.3. The molecule has 1 heterocycles. The highest BCUT2D eigenvalue weighted by molar-refractivity contribution is 5.83. The van der Waals surface area contributed by atoms with Crippen LogP contribution in [0.15, 0.2) is 12.3 Å². The van der Waals surface area contributed by atoms with E-state index in [9.17, 15) is 14.7 Å². The number of carbonyl (C=O) groups is 2. The summed E-state index contributed by atoms with van der Waals surface area (Å²) in [5.41, 5.74) is 0. The van der Waals surface area contributed by atoms with E-state index in [1.807, 2.05) is 0 Å². The number of amides is 1. The third-order valence-corrected chi connectivity index (χ3v) is 2.02. The Morgan fingerprint density at radius 2 is 1.89 bits per heavy atom. The minimum atomic E-state index is -1.61. The van der Waals surface area contributed by atoms with Crippen molar-refractivity contribution >= 4 is 11.9 Å². The predicted octanol–water partition coefficient (Wildman–Crippen LogP) is -1.44. The predicted molar refractivity (Wildman–Crippen MR) is 60.5 cm³/mol. The monoisotopic (exact) mass is 260 g/mol. The first kappa shape index (κ1) is 16.4. The van der Waals surface area contributed by atoms with Crippen molar-refractivity contribution in [3.63, 3.8) is 0 Å². The van der Waals surface area contributed by atoms with E-state index in [0.717, 1.165) is 0 Å². The van der Waals surface area contributed by atoms with Gasteiger partial charge in [-0.25, -0.2) is 4.79 Å². The number of carbonyl (C=O) groups excluding carboxylic acids is 1. The Bertz CT molecular complexity index is 294. The van der Waals surface area contributed by atoms with E-state index in [1.54, 1.807) is 0 Å². The lowest BCUT2D eigenvalue weighted by Gasteiger charge is -2.27. The molecule has 1 saturated heterocycles. The van der Waals surface area contributed by atoms with Crippen LogP contribution in [-0.2, 0) is 14.3 Å². The number of hydrogen-bond donors (Lipinski definition) is 2. The second-order valence-electron chi connectivity index (χ2n) is 3.75. The summed E-state index contributed by atoms with van der Waals surface area (Å²) in [6.45, 7) is 6.28. The molecule has 1 unspecified atom stereocenters. The molecule has 1 rings (SSSR count). The molecule has 104 valence electrons. The van der Waals surface area contributed by atoms with Crippen molar-refractivity contribution in [2.24, 2.45) is 0 Å². The van der Waals surface area contributed by atoms with Crippen molar-refractivity contribution in [1.29, 1.82) is 0 Å². The third-order valence-electron chi connectivity index (χ3n) is 2.02. The summed E-state index contributed by atoms with van der Waals surface area (Å²) in [6, 6.07) is 0. The summed E-state index contributed by atoms with van der Waals surface area (Å²) < 4.78 is 5.03. The standard InChI is InChI=1S/C8H13NO5.C3H6O/c10-6(8(12)13)5-7(11)9-1-3-14-4-2-9;1-3(2)4/h6,10H,1-5H2,(H,12,13);4H,1H2,2H3/p-1. The normalized spacial score (nSPS) is 16.2. The minimum Gasteiger partial charge on any atom is -0.876 e. The molecule has 0 aromatic carbocycles. The zero-order chi connectivity index (χ0) is 14.1. The van der Waals surface area contributed by atoms with Gasteiger partial charge in [0.05, 0.1) is 19.6 Å². The highest BCUT2D eigenvalue weighted by Crippen LogP contribution is 2.02. The number of allylic oxidation sites excluding steroid dienone is 1. The second kappa shape index (κ2) is 8.48. The van der Waals surface area contributed by atoms with E-state index < -0.39 is 12.1 Å². The van der Waals surface area contributed by atoms with Crippen molar-refractivity contribution in [3.8, 4) is 0 Å². The van der Waals surface area contributed by atoms with Crippen LogP contribution >= 0.6 is 0 Å². The van der Waals surface area contributed by atoms with Crippen molar-refractivity contribution < 1.29 is 29.6 Å². The Balaban J connectivity index is 0.000000631. The van der Waals surface area contributed by atoms with Gasteiger partial charge in [0.15, 0.2) is 6.10 Å². The summed E-state index contributed by atoms with van der Waals surface area (Å²) >= 11 is 0. The van der Waals surface area contributed by atoms with Crippen LogP contribution in [-0.4, -0.2) is 59.4 Å². The van der Waals surface area contributed by atoms with Crippen molar-refractivity contribution in [1.82, 2.24) is 4.90 Å². The average molecular weight is 260 g/mol. The fraction of sp³-hybridized carbons (Fsp3) is 0.636. The Kier molecular flexibility index (Phi) is 7.73. The second-order valence-corrected chi connectivity index (χ2v) is 3.75. The number of morpholine rings is 1. The molecule has 0 spiro atoms. The molecule has 0 aliphatic carbocycles. The molecule has 0 bridgehead atoms. The zero-order valence-electron chi connectivity index (χ0n) is 10.3. The molecule has 7 nitrogen and oxygen atoms in total. The van der Waals surface area contributed by atoms with Crippen LogP contribution in [0.1, 0.15) is 13.3 Å². The van der Waals surface area contributed by atoms with Gasteiger partial charge in [-0.05, 0) is 0 Å². The topological polar surface area (TPSA) is 110 Å². The fourth-order valence-corrected chi connectivity index (χ4v) is 1.19. The smallest absolute Gasteiger partial charge is 0.333 e. The van der Waals surface area contributed by atoms with E-state index in [4.69, 9.17) is 14.9 Å². The van der Waals surface area contributed by atoms with Gasteiger partial charge in [-0.2, -0.15) is 0 Å². The van der Waals surface area contributed by atoms with Crippen LogP contribution in [0.25, 0.3) is 0 Å². The Morgan fingerprint density at radius 3 is 2.28 bits per heavy atom. The number of carboxylic acids is 1. The van der Waals surface area contributed by atoms with Crippen LogP contribution in [0.4, 0.5) is 0 Å². The summed E-state index contributed by atoms with van der Waals surface area (Å²) in [7, 11) is 0. The van der Waals surface area contributed by atoms with Gasteiger partial charge in [0.2, 0.25) is 5.91 Å². The number of aliphatic hydroxyl groups excluding tert-OH is 1. The number of nitrogens with zero attached hydrogens (tertiary/aromatic N) is 1. The van der Waals surface area contributed by atoms with E-state index in [2.05, 4.69) is 6.58 Å². The Hall–Kier alpha value is -1.60. The number of hydrogen-bond acceptors (Lipinski definition) is 5. The lowest BCUT2D eigenvalue weighted by Crippen LogP contribution is -2.42. The van der Waals surface area contributed by atoms with Gasteiger partial charge in [-0.3, -0.25) is 4.79 Å². The summed E-state index contributed by atoms with van der Waals surface area (Å²) in [6.07, 6.45) is -1.97. The molecular weight excluding hydrogens is 242 g/mol. The summed E-state index contributed by atoms with van der Waals surface area (Å²) in [5, 5.41) is 26.7. The Morgan fingerprint density at radius 1 is 1.44 bits per heavy atom. The molecule has 1 aliphatic heterocycles. The lowest BCUT2D eigenvalue weighted by atomic mass is 10.2. The lowest BCUT2D eigenvalue weighted by molar-refractivity contribution is -0.300. The summed E-state index contributed by atoms with van der Waals surface area (Å²) in [5.74, 6) is -1.80. The fourth-order valence-electron chi connectivity index (χ4n) is 1.19. The number of aliphatic hydroxyl groups is 1. The van der Waals surface area contributed by atoms with Crippen molar-refractivity contribution in [3.05, 3.63) is 12.3 Å². The maximum atomic E-state index is 11.4. The first-order chi connectivity index (χ1) is 8.34. The molecule has 1 aliphatic rings. The molecule has 0 saturated carbocycles. The van der Waals surface area contributed by atoms with Gasteiger partial charge in [-0.15, -0.1) is 12.3 Å². The number of ether oxygens (including phenoxy) is 1. The van der Waals surface area contributed by atoms with Crippen LogP contribution in [0.5, 0.6) is 0 Å². The molecule has 0 aromatic heterocycles. The maximum absolute atomic E-state index is 11.4. The first-order valence-electron chi connectivity index (χ1n) is 5.43. The SMILES string of the molecule is C=C(C)[O-].O=C(O)C(O)CC(=O)N1CCOCC1. The average Bonchev–Trinajstić information content (AvgIpc) is 2.29. The molecular formula is C11H18NO6-. The van der Waals surface area contributed by atoms with E-state index in [1.165, 1.54) is 11.8 Å². The minimum absolute atomic E-state index is 0.0833. The number of carboxylic acid groups (broad SMARTS) is 1. The summed E-state index contributed by atoms with van der Waals surface area (Å²) in [4.78, 5) is 23.1. The molecule has 18 heavy (non-hydrogen) atoms. The van der Waals surface area contributed by atoms with Crippen molar-refractivity contribution in [2.45, 2.75) is 19.4 Å². The molecule has 1 fully saturated rings. The molecule has 1 amide bonds. The van der Waals surface area contributed by atoms with Crippen LogP contribution in [0.3, 0.4) is 0 Å². The van der Waals surface area contributed by atoms with Gasteiger partial charge in [0.25, 0.3) is 0 Å². The van der Waals surface area contributed by atoms with E-state index in [0.29, 0.717) is 26.3 Å².